The molecule has 2 heteroatoms. The first-order valence-corrected chi connectivity index (χ1v) is 7.77. The van der Waals surface area contributed by atoms with Gasteiger partial charge in [0.1, 0.15) is 0 Å². The number of ketones is 1. The molecule has 0 aromatic heterocycles. The largest absolute Gasteiger partial charge is 0.294 e. The second-order valence-electron chi connectivity index (χ2n) is 5.55. The Hall–Kier alpha value is -1.70. The minimum Gasteiger partial charge on any atom is -0.294 e. The summed E-state index contributed by atoms with van der Waals surface area (Å²) in [6.45, 7) is 12.1. The third kappa shape index (κ3) is 4.13. The van der Waals surface area contributed by atoms with Crippen LogP contribution in [0, 0.1) is 19.8 Å². The molecule has 21 heavy (non-hydrogen) atoms. The summed E-state index contributed by atoms with van der Waals surface area (Å²) in [4.78, 5) is 17.0. The van der Waals surface area contributed by atoms with E-state index in [0.717, 1.165) is 40.8 Å². The van der Waals surface area contributed by atoms with Gasteiger partial charge in [0, 0.05) is 17.7 Å². The maximum Gasteiger partial charge on any atom is 0.161 e. The van der Waals surface area contributed by atoms with E-state index in [1.54, 1.807) is 6.21 Å². The lowest BCUT2D eigenvalue weighted by molar-refractivity contribution is -0.119. The highest BCUT2D eigenvalue weighted by Crippen LogP contribution is 2.30. The number of carbonyl (C=O) groups is 1. The summed E-state index contributed by atoms with van der Waals surface area (Å²) in [6.07, 6.45) is 5.60. The van der Waals surface area contributed by atoms with Crippen molar-refractivity contribution in [3.8, 4) is 0 Å². The molecule has 1 aromatic rings. The van der Waals surface area contributed by atoms with Crippen molar-refractivity contribution in [1.29, 1.82) is 0 Å². The van der Waals surface area contributed by atoms with E-state index < -0.39 is 0 Å². The number of carbonyl (C=O) groups excluding carboxylic acids is 1. The summed E-state index contributed by atoms with van der Waals surface area (Å²) < 4.78 is 0. The zero-order valence-corrected chi connectivity index (χ0v) is 14.2. The van der Waals surface area contributed by atoms with Gasteiger partial charge in [-0.2, -0.15) is 0 Å². The van der Waals surface area contributed by atoms with Crippen molar-refractivity contribution in [1.82, 2.24) is 0 Å². The van der Waals surface area contributed by atoms with Crippen LogP contribution in [-0.4, -0.2) is 12.0 Å². The van der Waals surface area contributed by atoms with E-state index in [0.29, 0.717) is 0 Å². The van der Waals surface area contributed by atoms with Gasteiger partial charge in [0.05, 0.1) is 5.69 Å². The van der Waals surface area contributed by atoms with E-state index in [2.05, 4.69) is 44.8 Å². The van der Waals surface area contributed by atoms with Crippen molar-refractivity contribution in [2.75, 3.05) is 0 Å². The normalized spacial score (nSPS) is 12.4. The van der Waals surface area contributed by atoms with Gasteiger partial charge in [-0.3, -0.25) is 9.79 Å². The quantitative estimate of drug-likeness (QED) is 0.506. The Labute approximate surface area is 129 Å². The number of hydrogen-bond acceptors (Lipinski definition) is 2. The summed E-state index contributed by atoms with van der Waals surface area (Å²) in [5.41, 5.74) is 5.13. The minimum absolute atomic E-state index is 0.129. The van der Waals surface area contributed by atoms with Crippen molar-refractivity contribution in [2.45, 2.75) is 54.4 Å². The van der Waals surface area contributed by atoms with Gasteiger partial charge in [-0.1, -0.05) is 26.0 Å². The van der Waals surface area contributed by atoms with Gasteiger partial charge < -0.3 is 0 Å². The fraction of sp³-hybridized carbons (Fsp3) is 0.474. The van der Waals surface area contributed by atoms with Gasteiger partial charge in [0.15, 0.2) is 5.78 Å². The van der Waals surface area contributed by atoms with Crippen LogP contribution >= 0.6 is 0 Å². The third-order valence-corrected chi connectivity index (χ3v) is 4.00. The molecule has 0 aliphatic carbocycles. The van der Waals surface area contributed by atoms with Crippen molar-refractivity contribution >= 4 is 23.8 Å². The molecule has 0 radical (unpaired) electrons. The topological polar surface area (TPSA) is 29.4 Å². The number of aryl methyl sites for hydroxylation is 2. The first kappa shape index (κ1) is 17.4. The molecule has 0 amide bonds. The SMILES string of the molecule is CC=Nc1c(C)ccc(C)c1/C=C(\C)C(=O)C(CC)CC. The van der Waals surface area contributed by atoms with Crippen LogP contribution in [-0.2, 0) is 4.79 Å². The number of aliphatic imine (C=N–C) groups is 1. The van der Waals surface area contributed by atoms with Gasteiger partial charge in [-0.25, -0.2) is 0 Å². The maximum atomic E-state index is 12.5. The molecule has 1 aromatic carbocycles. The Morgan fingerprint density at radius 3 is 2.29 bits per heavy atom. The molecular weight excluding hydrogens is 258 g/mol. The Balaban J connectivity index is 3.31. The molecule has 1 rings (SSSR count). The Kier molecular flexibility index (Phi) is 6.54. The van der Waals surface area contributed by atoms with E-state index in [-0.39, 0.29) is 11.7 Å². The van der Waals surface area contributed by atoms with Gasteiger partial charge in [-0.05, 0) is 63.3 Å². The first-order valence-electron chi connectivity index (χ1n) is 7.77. The molecule has 0 aliphatic rings. The molecule has 0 heterocycles. The fourth-order valence-corrected chi connectivity index (χ4v) is 2.57. The van der Waals surface area contributed by atoms with E-state index in [1.807, 2.05) is 19.9 Å². The van der Waals surface area contributed by atoms with E-state index in [9.17, 15) is 4.79 Å². The van der Waals surface area contributed by atoms with Crippen molar-refractivity contribution < 1.29 is 4.79 Å². The fourth-order valence-electron chi connectivity index (χ4n) is 2.57. The zero-order valence-electron chi connectivity index (χ0n) is 14.2. The lowest BCUT2D eigenvalue weighted by atomic mass is 9.91. The number of benzene rings is 1. The predicted molar refractivity (Wildman–Crippen MR) is 92.5 cm³/mol. The average molecular weight is 285 g/mol. The standard InChI is InChI=1S/C19H27NO/c1-7-16(8-2)19(21)15(6)12-17-13(4)10-11-14(5)18(17)20-9-3/h9-12,16H,7-8H2,1-6H3/b15-12+,20-9?. The number of hydrogen-bond donors (Lipinski definition) is 0. The highest BCUT2D eigenvalue weighted by Gasteiger charge is 2.16. The van der Waals surface area contributed by atoms with E-state index in [4.69, 9.17) is 0 Å². The molecule has 114 valence electrons. The van der Waals surface area contributed by atoms with Crippen LogP contribution < -0.4 is 0 Å². The van der Waals surface area contributed by atoms with Gasteiger partial charge in [0.2, 0.25) is 0 Å². The van der Waals surface area contributed by atoms with Crippen LogP contribution in [0.3, 0.4) is 0 Å². The Morgan fingerprint density at radius 1 is 1.19 bits per heavy atom. The van der Waals surface area contributed by atoms with Crippen molar-refractivity contribution in [3.05, 3.63) is 34.4 Å². The van der Waals surface area contributed by atoms with Crippen LogP contribution in [0.1, 0.15) is 57.2 Å². The number of nitrogens with zero attached hydrogens (tertiary/aromatic N) is 1. The van der Waals surface area contributed by atoms with Crippen molar-refractivity contribution in [3.63, 3.8) is 0 Å². The predicted octanol–water partition coefficient (Wildman–Crippen LogP) is 5.43. The summed E-state index contributed by atoms with van der Waals surface area (Å²) in [5, 5.41) is 0. The maximum absolute atomic E-state index is 12.5. The zero-order chi connectivity index (χ0) is 16.0. The van der Waals surface area contributed by atoms with E-state index in [1.165, 1.54) is 0 Å². The highest BCUT2D eigenvalue weighted by atomic mass is 16.1. The van der Waals surface area contributed by atoms with Crippen LogP contribution in [0.5, 0.6) is 0 Å². The van der Waals surface area contributed by atoms with Gasteiger partial charge >= 0.3 is 0 Å². The molecular formula is C19H27NO. The molecule has 0 aliphatic heterocycles. The molecule has 0 fully saturated rings. The van der Waals surface area contributed by atoms with Crippen LogP contribution in [0.25, 0.3) is 6.08 Å². The summed E-state index contributed by atoms with van der Waals surface area (Å²) in [6, 6.07) is 4.16. The second-order valence-corrected chi connectivity index (χ2v) is 5.55. The van der Waals surface area contributed by atoms with Crippen LogP contribution in [0.15, 0.2) is 22.7 Å². The monoisotopic (exact) mass is 285 g/mol. The van der Waals surface area contributed by atoms with Gasteiger partial charge in [-0.15, -0.1) is 0 Å². The molecule has 0 N–H and O–H groups in total. The Morgan fingerprint density at radius 2 is 1.76 bits per heavy atom. The number of allylic oxidation sites excluding steroid dienone is 1. The first-order chi connectivity index (χ1) is 9.96. The molecule has 0 unspecified atom stereocenters. The molecule has 0 spiro atoms. The Bertz CT molecular complexity index is 563. The number of Topliss-reactive ketones (excluding diaryl/α,β-unsaturated/α-hetero) is 1. The third-order valence-electron chi connectivity index (χ3n) is 4.00. The van der Waals surface area contributed by atoms with E-state index >= 15 is 0 Å². The average Bonchev–Trinajstić information content (AvgIpc) is 2.47. The summed E-state index contributed by atoms with van der Waals surface area (Å²) in [7, 11) is 0. The lowest BCUT2D eigenvalue weighted by Gasteiger charge is -2.13. The molecule has 0 bridgehead atoms. The smallest absolute Gasteiger partial charge is 0.161 e. The minimum atomic E-state index is 0.129. The molecule has 0 saturated heterocycles. The van der Waals surface area contributed by atoms with Crippen LogP contribution in [0.4, 0.5) is 5.69 Å². The summed E-state index contributed by atoms with van der Waals surface area (Å²) in [5.74, 6) is 0.386. The second kappa shape index (κ2) is 7.92. The lowest BCUT2D eigenvalue weighted by Crippen LogP contribution is -2.13. The highest BCUT2D eigenvalue weighted by molar-refractivity contribution is 6.01. The van der Waals surface area contributed by atoms with Crippen LogP contribution in [0.2, 0.25) is 0 Å². The molecule has 0 atom stereocenters. The van der Waals surface area contributed by atoms with Gasteiger partial charge in [0.25, 0.3) is 0 Å². The molecule has 0 saturated carbocycles. The molecule has 2 nitrogen and oxygen atoms in total. The van der Waals surface area contributed by atoms with Crippen molar-refractivity contribution in [2.24, 2.45) is 10.9 Å². The number of rotatable bonds is 6. The summed E-state index contributed by atoms with van der Waals surface area (Å²) >= 11 is 0.